The Bertz CT molecular complexity index is 536. The Morgan fingerprint density at radius 1 is 1.53 bits per heavy atom. The number of rotatable bonds is 4. The summed E-state index contributed by atoms with van der Waals surface area (Å²) in [6, 6.07) is 5.39. The lowest BCUT2D eigenvalue weighted by Crippen LogP contribution is -2.26. The van der Waals surface area contributed by atoms with Crippen LogP contribution in [0.25, 0.3) is 10.9 Å². The molecule has 1 amide bonds. The van der Waals surface area contributed by atoms with Gasteiger partial charge in [-0.25, -0.2) is 0 Å². The first-order chi connectivity index (χ1) is 8.22. The molecule has 0 aliphatic rings. The van der Waals surface area contributed by atoms with E-state index in [9.17, 15) is 4.79 Å². The molecule has 5 heteroatoms. The number of ether oxygens (including phenoxy) is 1. The predicted octanol–water partition coefficient (Wildman–Crippen LogP) is 2.20. The second-order valence-electron chi connectivity index (χ2n) is 3.64. The Labute approximate surface area is 104 Å². The van der Waals surface area contributed by atoms with Crippen molar-refractivity contribution >= 4 is 28.4 Å². The van der Waals surface area contributed by atoms with E-state index in [1.807, 2.05) is 6.07 Å². The van der Waals surface area contributed by atoms with Crippen LogP contribution in [-0.2, 0) is 4.74 Å². The van der Waals surface area contributed by atoms with Crippen molar-refractivity contribution in [1.29, 1.82) is 0 Å². The zero-order chi connectivity index (χ0) is 12.3. The number of hydrogen-bond donors (Lipinski definition) is 2. The van der Waals surface area contributed by atoms with Gasteiger partial charge in [0, 0.05) is 35.8 Å². The molecule has 1 heterocycles. The van der Waals surface area contributed by atoms with Gasteiger partial charge in [0.1, 0.15) is 0 Å². The fourth-order valence-electron chi connectivity index (χ4n) is 1.65. The van der Waals surface area contributed by atoms with Gasteiger partial charge in [-0.3, -0.25) is 4.79 Å². The Balaban J connectivity index is 2.21. The van der Waals surface area contributed by atoms with Crippen LogP contribution in [0.1, 0.15) is 10.4 Å². The lowest BCUT2D eigenvalue weighted by molar-refractivity contribution is 0.0939. The highest BCUT2D eigenvalue weighted by Gasteiger charge is 2.11. The van der Waals surface area contributed by atoms with Crippen LogP contribution in [0.3, 0.4) is 0 Å². The molecule has 0 saturated heterocycles. The van der Waals surface area contributed by atoms with Gasteiger partial charge in [0.2, 0.25) is 0 Å². The van der Waals surface area contributed by atoms with Crippen molar-refractivity contribution in [3.05, 3.63) is 35.0 Å². The Kier molecular flexibility index (Phi) is 3.66. The highest BCUT2D eigenvalue weighted by atomic mass is 35.5. The Morgan fingerprint density at radius 3 is 3.12 bits per heavy atom. The Morgan fingerprint density at radius 2 is 2.35 bits per heavy atom. The quantitative estimate of drug-likeness (QED) is 0.820. The van der Waals surface area contributed by atoms with Crippen molar-refractivity contribution < 1.29 is 9.53 Å². The third kappa shape index (κ3) is 2.60. The zero-order valence-corrected chi connectivity index (χ0v) is 10.2. The minimum Gasteiger partial charge on any atom is -0.383 e. The summed E-state index contributed by atoms with van der Waals surface area (Å²) in [7, 11) is 1.60. The van der Waals surface area contributed by atoms with E-state index in [1.165, 1.54) is 0 Å². The molecule has 17 heavy (non-hydrogen) atoms. The normalized spacial score (nSPS) is 10.7. The van der Waals surface area contributed by atoms with E-state index in [0.717, 1.165) is 10.9 Å². The lowest BCUT2D eigenvalue weighted by atomic mass is 10.1. The molecule has 2 N–H and O–H groups in total. The number of hydrogen-bond acceptors (Lipinski definition) is 2. The van der Waals surface area contributed by atoms with Gasteiger partial charge in [0.05, 0.1) is 12.2 Å². The number of nitrogens with one attached hydrogen (secondary N) is 2. The van der Waals surface area contributed by atoms with E-state index < -0.39 is 0 Å². The number of H-pyrrole nitrogens is 1. The topological polar surface area (TPSA) is 54.1 Å². The largest absolute Gasteiger partial charge is 0.383 e. The minimum atomic E-state index is -0.115. The summed E-state index contributed by atoms with van der Waals surface area (Å²) in [5.41, 5.74) is 1.47. The molecule has 0 atom stereocenters. The molecule has 0 radical (unpaired) electrons. The van der Waals surface area contributed by atoms with Gasteiger partial charge < -0.3 is 15.0 Å². The molecular weight excluding hydrogens is 240 g/mol. The highest BCUT2D eigenvalue weighted by molar-refractivity contribution is 6.31. The maximum Gasteiger partial charge on any atom is 0.253 e. The lowest BCUT2D eigenvalue weighted by Gasteiger charge is -2.03. The summed E-state index contributed by atoms with van der Waals surface area (Å²) < 4.78 is 4.87. The van der Waals surface area contributed by atoms with E-state index >= 15 is 0 Å². The highest BCUT2D eigenvalue weighted by Crippen LogP contribution is 2.21. The molecule has 0 aliphatic heterocycles. The van der Waals surface area contributed by atoms with Crippen LogP contribution in [0, 0.1) is 0 Å². The van der Waals surface area contributed by atoms with Crippen LogP contribution in [0.5, 0.6) is 0 Å². The number of halogens is 1. The molecule has 0 bridgehead atoms. The molecule has 90 valence electrons. The number of carbonyl (C=O) groups excluding carboxylic acids is 1. The molecule has 1 aromatic heterocycles. The van der Waals surface area contributed by atoms with Crippen LogP contribution < -0.4 is 5.32 Å². The van der Waals surface area contributed by atoms with Crippen LogP contribution in [0.15, 0.2) is 24.4 Å². The zero-order valence-electron chi connectivity index (χ0n) is 9.42. The van der Waals surface area contributed by atoms with Gasteiger partial charge in [-0.05, 0) is 12.1 Å². The number of methoxy groups -OCH3 is 1. The fourth-order valence-corrected chi connectivity index (χ4v) is 1.82. The van der Waals surface area contributed by atoms with E-state index in [0.29, 0.717) is 23.7 Å². The number of carbonyl (C=O) groups is 1. The molecule has 0 aliphatic carbocycles. The predicted molar refractivity (Wildman–Crippen MR) is 67.5 cm³/mol. The second kappa shape index (κ2) is 5.21. The molecule has 0 saturated carbocycles. The van der Waals surface area contributed by atoms with Gasteiger partial charge in [-0.2, -0.15) is 0 Å². The van der Waals surface area contributed by atoms with E-state index in [1.54, 1.807) is 25.4 Å². The molecule has 0 fully saturated rings. The van der Waals surface area contributed by atoms with Gasteiger partial charge in [0.15, 0.2) is 0 Å². The van der Waals surface area contributed by atoms with E-state index in [2.05, 4.69) is 10.3 Å². The third-order valence-corrected chi connectivity index (χ3v) is 2.72. The number of benzene rings is 1. The van der Waals surface area contributed by atoms with E-state index in [-0.39, 0.29) is 5.91 Å². The average Bonchev–Trinajstić information content (AvgIpc) is 2.72. The van der Waals surface area contributed by atoms with Gasteiger partial charge in [-0.1, -0.05) is 17.7 Å². The van der Waals surface area contributed by atoms with Crippen molar-refractivity contribution in [2.45, 2.75) is 0 Å². The summed E-state index contributed by atoms with van der Waals surface area (Å²) in [5.74, 6) is -0.115. The summed E-state index contributed by atoms with van der Waals surface area (Å²) >= 11 is 5.87. The molecule has 1 aromatic carbocycles. The number of aromatic nitrogens is 1. The number of amides is 1. The van der Waals surface area contributed by atoms with Gasteiger partial charge in [-0.15, -0.1) is 0 Å². The standard InChI is InChI=1S/C12H13ClN2O2/c1-17-5-4-14-12(16)10-7-15-11-6-8(13)2-3-9(10)11/h2-3,6-7,15H,4-5H2,1H3,(H,14,16). The maximum atomic E-state index is 11.9. The van der Waals surface area contributed by atoms with Gasteiger partial charge >= 0.3 is 0 Å². The van der Waals surface area contributed by atoms with Crippen LogP contribution in [0.4, 0.5) is 0 Å². The first-order valence-electron chi connectivity index (χ1n) is 5.26. The smallest absolute Gasteiger partial charge is 0.253 e. The summed E-state index contributed by atoms with van der Waals surface area (Å²) in [4.78, 5) is 14.9. The number of aromatic amines is 1. The SMILES string of the molecule is COCCNC(=O)c1c[nH]c2cc(Cl)ccc12. The fraction of sp³-hybridized carbons (Fsp3) is 0.250. The molecule has 2 aromatic rings. The van der Waals surface area contributed by atoms with Crippen LogP contribution in [-0.4, -0.2) is 31.2 Å². The molecule has 4 nitrogen and oxygen atoms in total. The molecule has 0 unspecified atom stereocenters. The van der Waals surface area contributed by atoms with Gasteiger partial charge in [0.25, 0.3) is 5.91 Å². The van der Waals surface area contributed by atoms with Crippen LogP contribution >= 0.6 is 11.6 Å². The molecule has 0 spiro atoms. The summed E-state index contributed by atoms with van der Waals surface area (Å²) in [5, 5.41) is 4.29. The van der Waals surface area contributed by atoms with Crippen molar-refractivity contribution in [1.82, 2.24) is 10.3 Å². The summed E-state index contributed by atoms with van der Waals surface area (Å²) in [6.45, 7) is 0.996. The minimum absolute atomic E-state index is 0.115. The maximum absolute atomic E-state index is 11.9. The first-order valence-corrected chi connectivity index (χ1v) is 5.64. The van der Waals surface area contributed by atoms with Crippen molar-refractivity contribution in [3.8, 4) is 0 Å². The Hall–Kier alpha value is -1.52. The van der Waals surface area contributed by atoms with E-state index in [4.69, 9.17) is 16.3 Å². The van der Waals surface area contributed by atoms with Crippen molar-refractivity contribution in [2.24, 2.45) is 0 Å². The first kappa shape index (κ1) is 12.0. The van der Waals surface area contributed by atoms with Crippen molar-refractivity contribution in [3.63, 3.8) is 0 Å². The third-order valence-electron chi connectivity index (χ3n) is 2.48. The monoisotopic (exact) mass is 252 g/mol. The average molecular weight is 253 g/mol. The molecular formula is C12H13ClN2O2. The number of fused-ring (bicyclic) bond motifs is 1. The summed E-state index contributed by atoms with van der Waals surface area (Å²) in [6.07, 6.45) is 1.68. The van der Waals surface area contributed by atoms with Crippen LogP contribution in [0.2, 0.25) is 5.02 Å². The second-order valence-corrected chi connectivity index (χ2v) is 4.08. The molecule has 2 rings (SSSR count). The van der Waals surface area contributed by atoms with Crippen molar-refractivity contribution in [2.75, 3.05) is 20.3 Å².